The van der Waals surface area contributed by atoms with Crippen LogP contribution in [0.4, 0.5) is 9.18 Å². The number of hydrogen-bond acceptors (Lipinski definition) is 3. The average molecular weight is 335 g/mol. The fourth-order valence-corrected chi connectivity index (χ4v) is 2.83. The van der Waals surface area contributed by atoms with Crippen LogP contribution in [-0.2, 0) is 11.3 Å². The van der Waals surface area contributed by atoms with E-state index in [-0.39, 0.29) is 23.6 Å². The van der Waals surface area contributed by atoms with Gasteiger partial charge in [0, 0.05) is 25.2 Å². The van der Waals surface area contributed by atoms with Gasteiger partial charge in [0.25, 0.3) is 0 Å². The predicted molar refractivity (Wildman–Crippen MR) is 84.8 cm³/mol. The van der Waals surface area contributed by atoms with Crippen LogP contribution < -0.4 is 0 Å². The Kier molecular flexibility index (Phi) is 4.76. The van der Waals surface area contributed by atoms with Crippen molar-refractivity contribution in [3.05, 3.63) is 64.7 Å². The molecule has 1 amide bonds. The summed E-state index contributed by atoms with van der Waals surface area (Å²) in [5, 5.41) is 0.267. The zero-order valence-corrected chi connectivity index (χ0v) is 13.2. The second-order valence-electron chi connectivity index (χ2n) is 5.49. The van der Waals surface area contributed by atoms with Crippen LogP contribution in [0.1, 0.15) is 23.6 Å². The molecule has 0 N–H and O–H groups in total. The number of likely N-dealkylation sites (tertiary alicyclic amines) is 1. The molecular formula is C17H16ClFN2O2. The molecule has 0 aliphatic carbocycles. The van der Waals surface area contributed by atoms with E-state index in [0.717, 1.165) is 5.56 Å². The maximum absolute atomic E-state index is 13.9. The molecule has 23 heavy (non-hydrogen) atoms. The Bertz CT molecular complexity index is 696. The topological polar surface area (TPSA) is 42.4 Å². The summed E-state index contributed by atoms with van der Waals surface area (Å²) in [6.45, 7) is 1.16. The van der Waals surface area contributed by atoms with Gasteiger partial charge in [-0.25, -0.2) is 9.18 Å². The zero-order valence-electron chi connectivity index (χ0n) is 12.4. The van der Waals surface area contributed by atoms with Crippen molar-refractivity contribution in [3.8, 4) is 0 Å². The minimum atomic E-state index is -0.429. The quantitative estimate of drug-likeness (QED) is 0.852. The van der Waals surface area contributed by atoms with Crippen molar-refractivity contribution in [2.45, 2.75) is 18.9 Å². The molecule has 1 aromatic carbocycles. The zero-order chi connectivity index (χ0) is 16.2. The number of ether oxygens (including phenoxy) is 1. The van der Waals surface area contributed by atoms with E-state index < -0.39 is 5.82 Å². The molecule has 3 rings (SSSR count). The van der Waals surface area contributed by atoms with E-state index >= 15 is 0 Å². The Labute approximate surface area is 138 Å². The van der Waals surface area contributed by atoms with E-state index in [0.29, 0.717) is 25.2 Å². The van der Waals surface area contributed by atoms with Crippen molar-refractivity contribution in [2.75, 3.05) is 13.1 Å². The Morgan fingerprint density at radius 3 is 2.91 bits per heavy atom. The Hall–Kier alpha value is -2.14. The number of aromatic nitrogens is 1. The largest absolute Gasteiger partial charge is 0.445 e. The van der Waals surface area contributed by atoms with Crippen LogP contribution in [0.25, 0.3) is 0 Å². The first-order valence-corrected chi connectivity index (χ1v) is 7.78. The molecule has 1 aliphatic rings. The van der Waals surface area contributed by atoms with Crippen molar-refractivity contribution in [1.82, 2.24) is 9.88 Å². The van der Waals surface area contributed by atoms with Gasteiger partial charge in [0.15, 0.2) is 0 Å². The Morgan fingerprint density at radius 1 is 1.39 bits per heavy atom. The first-order valence-electron chi connectivity index (χ1n) is 7.40. The number of rotatable bonds is 3. The van der Waals surface area contributed by atoms with Crippen LogP contribution in [0, 0.1) is 5.82 Å². The second kappa shape index (κ2) is 6.96. The fourth-order valence-electron chi connectivity index (χ4n) is 2.69. The Balaban J connectivity index is 1.57. The monoisotopic (exact) mass is 334 g/mol. The summed E-state index contributed by atoms with van der Waals surface area (Å²) in [5.74, 6) is -0.557. The van der Waals surface area contributed by atoms with Crippen LogP contribution >= 0.6 is 11.6 Å². The molecule has 1 aliphatic heterocycles. The van der Waals surface area contributed by atoms with Crippen molar-refractivity contribution < 1.29 is 13.9 Å². The third-order valence-electron chi connectivity index (χ3n) is 3.87. The Morgan fingerprint density at radius 2 is 2.17 bits per heavy atom. The summed E-state index contributed by atoms with van der Waals surface area (Å²) < 4.78 is 19.2. The molecule has 1 aromatic heterocycles. The second-order valence-corrected chi connectivity index (χ2v) is 5.93. The number of carbonyl (C=O) groups is 1. The van der Waals surface area contributed by atoms with Gasteiger partial charge in [-0.3, -0.25) is 4.98 Å². The van der Waals surface area contributed by atoms with Gasteiger partial charge >= 0.3 is 6.09 Å². The molecular weight excluding hydrogens is 319 g/mol. The van der Waals surface area contributed by atoms with Gasteiger partial charge in [0.05, 0.1) is 10.7 Å². The molecule has 0 bridgehead atoms. The van der Waals surface area contributed by atoms with Gasteiger partial charge < -0.3 is 9.64 Å². The maximum Gasteiger partial charge on any atom is 0.410 e. The molecule has 0 saturated carbocycles. The van der Waals surface area contributed by atoms with E-state index in [1.165, 1.54) is 12.3 Å². The number of benzene rings is 1. The maximum atomic E-state index is 13.9. The van der Waals surface area contributed by atoms with Gasteiger partial charge in [0.1, 0.15) is 12.4 Å². The van der Waals surface area contributed by atoms with Gasteiger partial charge in [0.2, 0.25) is 0 Å². The van der Waals surface area contributed by atoms with Crippen LogP contribution in [0.3, 0.4) is 0 Å². The lowest BCUT2D eigenvalue weighted by Crippen LogP contribution is -2.29. The van der Waals surface area contributed by atoms with E-state index in [1.807, 2.05) is 30.3 Å². The molecule has 4 nitrogen and oxygen atoms in total. The lowest BCUT2D eigenvalue weighted by atomic mass is 10.0. The van der Waals surface area contributed by atoms with Gasteiger partial charge in [-0.05, 0) is 18.1 Å². The van der Waals surface area contributed by atoms with E-state index in [1.54, 1.807) is 4.90 Å². The number of nitrogens with zero attached hydrogens (tertiary/aromatic N) is 2. The minimum Gasteiger partial charge on any atom is -0.445 e. The summed E-state index contributed by atoms with van der Waals surface area (Å²) in [6.07, 6.45) is 1.70. The highest BCUT2D eigenvalue weighted by molar-refractivity contribution is 6.30. The fraction of sp³-hybridized carbons (Fsp3) is 0.294. The lowest BCUT2D eigenvalue weighted by Gasteiger charge is -2.16. The smallest absolute Gasteiger partial charge is 0.410 e. The molecule has 1 saturated heterocycles. The summed E-state index contributed by atoms with van der Waals surface area (Å²) in [4.78, 5) is 17.8. The highest BCUT2D eigenvalue weighted by Gasteiger charge is 2.30. The number of amides is 1. The minimum absolute atomic E-state index is 0.128. The first kappa shape index (κ1) is 15.7. The van der Waals surface area contributed by atoms with Crippen LogP contribution in [0.15, 0.2) is 42.6 Å². The highest BCUT2D eigenvalue weighted by Crippen LogP contribution is 2.29. The normalized spacial score (nSPS) is 17.3. The molecule has 6 heteroatoms. The van der Waals surface area contributed by atoms with Gasteiger partial charge in [-0.15, -0.1) is 0 Å². The molecule has 120 valence electrons. The van der Waals surface area contributed by atoms with Gasteiger partial charge in [-0.1, -0.05) is 41.9 Å². The molecule has 1 atom stereocenters. The summed E-state index contributed by atoms with van der Waals surface area (Å²) in [7, 11) is 0. The SMILES string of the molecule is O=C(OCc1ccccc1)N1CCC(c2ncc(Cl)cc2F)C1. The van der Waals surface area contributed by atoms with Crippen molar-refractivity contribution in [2.24, 2.45) is 0 Å². The van der Waals surface area contributed by atoms with Crippen molar-refractivity contribution >= 4 is 17.7 Å². The summed E-state index contributed by atoms with van der Waals surface area (Å²) in [5.41, 5.74) is 1.29. The number of pyridine rings is 1. The van der Waals surface area contributed by atoms with Crippen LogP contribution in [0.2, 0.25) is 5.02 Å². The van der Waals surface area contributed by atoms with Crippen molar-refractivity contribution in [1.29, 1.82) is 0 Å². The number of halogens is 2. The average Bonchev–Trinajstić information content (AvgIpc) is 3.03. The number of hydrogen-bond donors (Lipinski definition) is 0. The first-order chi connectivity index (χ1) is 11.1. The molecule has 2 heterocycles. The van der Waals surface area contributed by atoms with E-state index in [9.17, 15) is 9.18 Å². The summed E-state index contributed by atoms with van der Waals surface area (Å²) >= 11 is 5.72. The highest BCUT2D eigenvalue weighted by atomic mass is 35.5. The molecule has 0 spiro atoms. The predicted octanol–water partition coefficient (Wildman–Crippen LogP) is 4.00. The molecule has 1 fully saturated rings. The summed E-state index contributed by atoms with van der Waals surface area (Å²) in [6, 6.07) is 10.7. The van der Waals surface area contributed by atoms with E-state index in [4.69, 9.17) is 16.3 Å². The van der Waals surface area contributed by atoms with Crippen LogP contribution in [-0.4, -0.2) is 29.1 Å². The van der Waals surface area contributed by atoms with Gasteiger partial charge in [-0.2, -0.15) is 0 Å². The third-order valence-corrected chi connectivity index (χ3v) is 4.08. The third kappa shape index (κ3) is 3.79. The van der Waals surface area contributed by atoms with Crippen LogP contribution in [0.5, 0.6) is 0 Å². The van der Waals surface area contributed by atoms with Crippen molar-refractivity contribution in [3.63, 3.8) is 0 Å². The lowest BCUT2D eigenvalue weighted by molar-refractivity contribution is 0.104. The molecule has 1 unspecified atom stereocenters. The number of carbonyl (C=O) groups excluding carboxylic acids is 1. The standard InChI is InChI=1S/C17H16ClFN2O2/c18-14-8-15(19)16(20-9-14)13-6-7-21(10-13)17(22)23-11-12-4-2-1-3-5-12/h1-5,8-9,13H,6-7,10-11H2. The molecule has 0 radical (unpaired) electrons. The van der Waals surface area contributed by atoms with E-state index in [2.05, 4.69) is 4.98 Å². The molecule has 2 aromatic rings.